The van der Waals surface area contributed by atoms with E-state index in [9.17, 15) is 9.18 Å². The summed E-state index contributed by atoms with van der Waals surface area (Å²) < 4.78 is 13.7. The first-order valence-corrected chi connectivity index (χ1v) is 6.09. The predicted molar refractivity (Wildman–Crippen MR) is 71.6 cm³/mol. The van der Waals surface area contributed by atoms with Gasteiger partial charge in [0.25, 0.3) is 0 Å². The topological polar surface area (TPSA) is 20.3 Å². The summed E-state index contributed by atoms with van der Waals surface area (Å²) in [6, 6.07) is 4.51. The summed E-state index contributed by atoms with van der Waals surface area (Å²) in [6.07, 6.45) is 2.54. The molecule has 0 N–H and O–H groups in total. The van der Waals surface area contributed by atoms with Crippen LogP contribution in [0.25, 0.3) is 4.48 Å². The second-order valence-corrected chi connectivity index (χ2v) is 4.94. The lowest BCUT2D eigenvalue weighted by molar-refractivity contribution is 0.112. The van der Waals surface area contributed by atoms with Crippen LogP contribution in [0.4, 0.5) is 4.39 Å². The molecule has 92 valence electrons. The summed E-state index contributed by atoms with van der Waals surface area (Å²) in [5.41, 5.74) is 1.03. The van der Waals surface area contributed by atoms with Gasteiger partial charge in [0.05, 0.1) is 0 Å². The van der Waals surface area contributed by atoms with E-state index < -0.39 is 5.82 Å². The van der Waals surface area contributed by atoms with Crippen LogP contribution in [0, 0.1) is 5.82 Å². The van der Waals surface area contributed by atoms with Gasteiger partial charge in [-0.3, -0.25) is 4.79 Å². The molecule has 0 aliphatic carbocycles. The van der Waals surface area contributed by atoms with Gasteiger partial charge >= 0.3 is 0 Å². The van der Waals surface area contributed by atoms with E-state index in [1.54, 1.807) is 6.07 Å². The van der Waals surface area contributed by atoms with E-state index >= 15 is 0 Å². The lowest BCUT2D eigenvalue weighted by Crippen LogP contribution is -2.20. The minimum atomic E-state index is -0.409. The van der Waals surface area contributed by atoms with E-state index in [1.807, 2.05) is 18.1 Å². The van der Waals surface area contributed by atoms with Crippen molar-refractivity contribution in [2.24, 2.45) is 0 Å². The average Bonchev–Trinajstić information content (AvgIpc) is 2.28. The van der Waals surface area contributed by atoms with Crippen LogP contribution in [-0.4, -0.2) is 24.3 Å². The highest BCUT2D eigenvalue weighted by molar-refractivity contribution is 9.15. The summed E-state index contributed by atoms with van der Waals surface area (Å²) in [5.74, 6) is -0.409. The van der Waals surface area contributed by atoms with Crippen molar-refractivity contribution in [3.8, 4) is 0 Å². The quantitative estimate of drug-likeness (QED) is 0.791. The molecule has 0 spiro atoms. The van der Waals surface area contributed by atoms with E-state index in [0.29, 0.717) is 23.5 Å². The molecule has 0 unspecified atom stereocenters. The summed E-state index contributed by atoms with van der Waals surface area (Å²) >= 11 is 3.41. The number of aldehydes is 1. The lowest BCUT2D eigenvalue weighted by atomic mass is 10.1. The molecule has 0 saturated heterocycles. The minimum absolute atomic E-state index is 0.338. The molecule has 0 heterocycles. The Balaban J connectivity index is 3.11. The summed E-state index contributed by atoms with van der Waals surface area (Å²) in [4.78, 5) is 12.9. The molecule has 0 bridgehead atoms. The first-order chi connectivity index (χ1) is 7.95. The van der Waals surface area contributed by atoms with Crippen molar-refractivity contribution in [1.82, 2.24) is 4.90 Å². The van der Waals surface area contributed by atoms with Crippen molar-refractivity contribution in [3.05, 3.63) is 41.3 Å². The van der Waals surface area contributed by atoms with Crippen molar-refractivity contribution in [3.63, 3.8) is 0 Å². The van der Waals surface area contributed by atoms with Crippen molar-refractivity contribution in [2.45, 2.75) is 19.9 Å². The first kappa shape index (κ1) is 13.9. The Labute approximate surface area is 109 Å². The fourth-order valence-corrected chi connectivity index (χ4v) is 1.93. The van der Waals surface area contributed by atoms with Crippen LogP contribution >= 0.6 is 15.9 Å². The van der Waals surface area contributed by atoms with Crippen molar-refractivity contribution < 1.29 is 9.18 Å². The fourth-order valence-electron chi connectivity index (χ4n) is 1.25. The maximum atomic E-state index is 13.0. The first-order valence-electron chi connectivity index (χ1n) is 5.30. The normalized spacial score (nSPS) is 11.8. The van der Waals surface area contributed by atoms with Crippen LogP contribution in [0.15, 0.2) is 24.4 Å². The van der Waals surface area contributed by atoms with Gasteiger partial charge in [0.1, 0.15) is 5.82 Å². The van der Waals surface area contributed by atoms with Crippen LogP contribution in [0.1, 0.15) is 29.8 Å². The van der Waals surface area contributed by atoms with Crippen molar-refractivity contribution in [2.75, 3.05) is 7.05 Å². The van der Waals surface area contributed by atoms with Gasteiger partial charge in [-0.15, -0.1) is 0 Å². The number of hydrogen-bond donors (Lipinski definition) is 0. The molecule has 0 aliphatic rings. The second-order valence-electron chi connectivity index (χ2n) is 4.09. The van der Waals surface area contributed by atoms with Crippen molar-refractivity contribution >= 4 is 26.7 Å². The zero-order chi connectivity index (χ0) is 13.0. The molecule has 1 aromatic rings. The summed E-state index contributed by atoms with van der Waals surface area (Å²) in [7, 11) is 1.94. The number of hydrogen-bond acceptors (Lipinski definition) is 2. The molecular formula is C13H15BrFNO. The molecule has 0 radical (unpaired) electrons. The van der Waals surface area contributed by atoms with Gasteiger partial charge in [0, 0.05) is 34.9 Å². The Morgan fingerprint density at radius 1 is 1.47 bits per heavy atom. The second kappa shape index (κ2) is 5.96. The largest absolute Gasteiger partial charge is 0.377 e. The predicted octanol–water partition coefficient (Wildman–Crippen LogP) is 3.67. The summed E-state index contributed by atoms with van der Waals surface area (Å²) in [5, 5.41) is 0. The molecule has 2 nitrogen and oxygen atoms in total. The third kappa shape index (κ3) is 3.66. The van der Waals surface area contributed by atoms with E-state index in [1.165, 1.54) is 12.1 Å². The van der Waals surface area contributed by atoms with Gasteiger partial charge in [0.2, 0.25) is 0 Å². The Morgan fingerprint density at radius 3 is 2.65 bits per heavy atom. The number of halogens is 2. The molecule has 0 amide bonds. The van der Waals surface area contributed by atoms with Gasteiger partial charge in [-0.2, -0.15) is 0 Å². The number of benzene rings is 1. The molecular weight excluding hydrogens is 285 g/mol. The SMILES string of the molecule is CC(C)N(C)/C=C(/Br)c1ccc(F)cc1C=O. The average molecular weight is 300 g/mol. The highest BCUT2D eigenvalue weighted by atomic mass is 79.9. The Kier molecular flexibility index (Phi) is 4.87. The number of carbonyl (C=O) groups is 1. The molecule has 0 fully saturated rings. The van der Waals surface area contributed by atoms with Gasteiger partial charge in [-0.05, 0) is 41.9 Å². The zero-order valence-corrected chi connectivity index (χ0v) is 11.7. The van der Waals surface area contributed by atoms with Gasteiger partial charge < -0.3 is 4.90 Å². The Bertz CT molecular complexity index is 443. The van der Waals surface area contributed by atoms with Crippen LogP contribution in [-0.2, 0) is 0 Å². The van der Waals surface area contributed by atoms with Crippen LogP contribution in [0.5, 0.6) is 0 Å². The molecule has 0 saturated carbocycles. The fraction of sp³-hybridized carbons (Fsp3) is 0.308. The highest BCUT2D eigenvalue weighted by Crippen LogP contribution is 2.25. The Morgan fingerprint density at radius 2 is 2.12 bits per heavy atom. The maximum Gasteiger partial charge on any atom is 0.150 e. The van der Waals surface area contributed by atoms with E-state index in [0.717, 1.165) is 4.48 Å². The van der Waals surface area contributed by atoms with E-state index in [2.05, 4.69) is 29.8 Å². The number of nitrogens with zero attached hydrogens (tertiary/aromatic N) is 1. The van der Waals surface area contributed by atoms with Gasteiger partial charge in [-0.25, -0.2) is 4.39 Å². The molecule has 0 aromatic heterocycles. The van der Waals surface area contributed by atoms with Crippen molar-refractivity contribution in [1.29, 1.82) is 0 Å². The third-order valence-corrected chi connectivity index (χ3v) is 3.16. The third-order valence-electron chi connectivity index (χ3n) is 2.53. The molecule has 17 heavy (non-hydrogen) atoms. The maximum absolute atomic E-state index is 13.0. The van der Waals surface area contributed by atoms with E-state index in [4.69, 9.17) is 0 Å². The summed E-state index contributed by atoms with van der Waals surface area (Å²) in [6.45, 7) is 4.12. The smallest absolute Gasteiger partial charge is 0.150 e. The van der Waals surface area contributed by atoms with Gasteiger partial charge in [-0.1, -0.05) is 6.07 Å². The molecule has 4 heteroatoms. The van der Waals surface area contributed by atoms with Crippen LogP contribution in [0.3, 0.4) is 0 Å². The van der Waals surface area contributed by atoms with Crippen LogP contribution < -0.4 is 0 Å². The Hall–Kier alpha value is -1.16. The standard InChI is InChI=1S/C13H15BrFNO/c1-9(2)16(3)7-13(14)12-5-4-11(15)6-10(12)8-17/h4-9H,1-3H3/b13-7+. The zero-order valence-electron chi connectivity index (χ0n) is 10.1. The van der Waals surface area contributed by atoms with Crippen LogP contribution in [0.2, 0.25) is 0 Å². The number of rotatable bonds is 4. The molecule has 0 aliphatic heterocycles. The lowest BCUT2D eigenvalue weighted by Gasteiger charge is -2.19. The number of carbonyl (C=O) groups excluding carboxylic acids is 1. The molecule has 1 rings (SSSR count). The van der Waals surface area contributed by atoms with Gasteiger partial charge in [0.15, 0.2) is 6.29 Å². The molecule has 0 atom stereocenters. The monoisotopic (exact) mass is 299 g/mol. The van der Waals surface area contributed by atoms with E-state index in [-0.39, 0.29) is 0 Å². The highest BCUT2D eigenvalue weighted by Gasteiger charge is 2.08. The molecule has 1 aromatic carbocycles. The minimum Gasteiger partial charge on any atom is -0.377 e.